The number of hydrogen-bond donors (Lipinski definition) is 1. The molecule has 0 saturated heterocycles. The van der Waals surface area contributed by atoms with Gasteiger partial charge in [-0.2, -0.15) is 0 Å². The van der Waals surface area contributed by atoms with Crippen LogP contribution in [0.4, 0.5) is 5.69 Å². The van der Waals surface area contributed by atoms with Crippen LogP contribution in [0.2, 0.25) is 0 Å². The first-order valence-corrected chi connectivity index (χ1v) is 3.18. The van der Waals surface area contributed by atoms with E-state index in [2.05, 4.69) is 6.58 Å². The highest BCUT2D eigenvalue weighted by atomic mass is 14.5. The zero-order valence-corrected chi connectivity index (χ0v) is 6.25. The van der Waals surface area contributed by atoms with Crippen LogP contribution in [0, 0.1) is 0 Å². The summed E-state index contributed by atoms with van der Waals surface area (Å²) in [4.78, 5) is 0. The number of rotatable bonds is 0. The molecule has 0 radical (unpaired) electrons. The number of benzene rings is 1. The molecule has 1 aromatic rings. The van der Waals surface area contributed by atoms with Gasteiger partial charge in [0.1, 0.15) is 0 Å². The summed E-state index contributed by atoms with van der Waals surface area (Å²) in [5.41, 5.74) is 6.18. The van der Waals surface area contributed by atoms with Crippen LogP contribution in [-0.2, 0) is 0 Å². The van der Waals surface area contributed by atoms with E-state index in [0.717, 1.165) is 5.69 Å². The Morgan fingerprint density at radius 3 is 1.90 bits per heavy atom. The lowest BCUT2D eigenvalue weighted by Gasteiger charge is -1.83. The van der Waals surface area contributed by atoms with Gasteiger partial charge in [-0.05, 0) is 19.1 Å². The van der Waals surface area contributed by atoms with E-state index in [4.69, 9.17) is 5.73 Å². The second-order valence-corrected chi connectivity index (χ2v) is 1.82. The van der Waals surface area contributed by atoms with Gasteiger partial charge in [0, 0.05) is 5.69 Å². The summed E-state index contributed by atoms with van der Waals surface area (Å²) < 4.78 is 0. The van der Waals surface area contributed by atoms with Gasteiger partial charge in [-0.25, -0.2) is 0 Å². The lowest BCUT2D eigenvalue weighted by atomic mass is 10.3. The van der Waals surface area contributed by atoms with E-state index >= 15 is 0 Å². The van der Waals surface area contributed by atoms with Crippen LogP contribution in [0.25, 0.3) is 0 Å². The molecule has 1 rings (SSSR count). The molecule has 0 unspecified atom stereocenters. The van der Waals surface area contributed by atoms with E-state index in [1.807, 2.05) is 37.3 Å². The van der Waals surface area contributed by atoms with Gasteiger partial charge in [0.05, 0.1) is 0 Å². The van der Waals surface area contributed by atoms with Gasteiger partial charge in [-0.15, -0.1) is 6.58 Å². The van der Waals surface area contributed by atoms with Crippen molar-refractivity contribution in [3.05, 3.63) is 43.0 Å². The Morgan fingerprint density at radius 2 is 1.70 bits per heavy atom. The van der Waals surface area contributed by atoms with Gasteiger partial charge in [0.15, 0.2) is 0 Å². The summed E-state index contributed by atoms with van der Waals surface area (Å²) in [7, 11) is 0. The molecule has 0 aliphatic rings. The average Bonchev–Trinajstić information content (AvgIpc) is 1.91. The van der Waals surface area contributed by atoms with Crippen molar-refractivity contribution in [3.63, 3.8) is 0 Å². The average molecular weight is 135 g/mol. The smallest absolute Gasteiger partial charge is 0.0313 e. The first-order chi connectivity index (χ1) is 4.81. The lowest BCUT2D eigenvalue weighted by molar-refractivity contribution is 1.69. The maximum Gasteiger partial charge on any atom is 0.0313 e. The van der Waals surface area contributed by atoms with E-state index in [1.54, 1.807) is 6.08 Å². The summed E-state index contributed by atoms with van der Waals surface area (Å²) in [6, 6.07) is 9.49. The first kappa shape index (κ1) is 8.76. The molecule has 54 valence electrons. The standard InChI is InChI=1S/C6H7N.C3H6/c7-6-4-2-1-3-5-6;1-3-2/h1-5H,7H2;3H,1H2,2H3. The van der Waals surface area contributed by atoms with Crippen LogP contribution in [0.3, 0.4) is 0 Å². The first-order valence-electron chi connectivity index (χ1n) is 3.18. The minimum atomic E-state index is 0.822. The fourth-order valence-electron chi connectivity index (χ4n) is 0.453. The van der Waals surface area contributed by atoms with E-state index in [9.17, 15) is 0 Å². The molecule has 0 bridgehead atoms. The van der Waals surface area contributed by atoms with Crippen molar-refractivity contribution in [3.8, 4) is 0 Å². The third-order valence-electron chi connectivity index (χ3n) is 0.800. The number of hydrogen-bond acceptors (Lipinski definition) is 1. The molecule has 0 amide bonds. The predicted octanol–water partition coefficient (Wildman–Crippen LogP) is 2.46. The van der Waals surface area contributed by atoms with Crippen LogP contribution in [-0.4, -0.2) is 0 Å². The molecule has 10 heavy (non-hydrogen) atoms. The van der Waals surface area contributed by atoms with Crippen molar-refractivity contribution in [2.75, 3.05) is 5.73 Å². The van der Waals surface area contributed by atoms with Crippen molar-refractivity contribution in [2.24, 2.45) is 0 Å². The normalized spacial score (nSPS) is 7.30. The van der Waals surface area contributed by atoms with Crippen molar-refractivity contribution in [1.82, 2.24) is 0 Å². The van der Waals surface area contributed by atoms with E-state index in [-0.39, 0.29) is 0 Å². The lowest BCUT2D eigenvalue weighted by Crippen LogP contribution is -1.79. The topological polar surface area (TPSA) is 26.0 Å². The summed E-state index contributed by atoms with van der Waals surface area (Å²) in [6.07, 6.45) is 1.75. The zero-order valence-electron chi connectivity index (χ0n) is 6.25. The van der Waals surface area contributed by atoms with Gasteiger partial charge < -0.3 is 5.73 Å². The monoisotopic (exact) mass is 135 g/mol. The van der Waals surface area contributed by atoms with Gasteiger partial charge in [-0.3, -0.25) is 0 Å². The minimum Gasteiger partial charge on any atom is -0.399 e. The maximum absolute atomic E-state index is 5.36. The molecule has 0 heterocycles. The molecule has 0 spiro atoms. The fraction of sp³-hybridized carbons (Fsp3) is 0.111. The Hall–Kier alpha value is -1.24. The minimum absolute atomic E-state index is 0.822. The molecule has 1 nitrogen and oxygen atoms in total. The summed E-state index contributed by atoms with van der Waals surface area (Å²) in [5, 5.41) is 0. The Balaban J connectivity index is 0.000000236. The maximum atomic E-state index is 5.36. The molecular formula is C9H13N. The predicted molar refractivity (Wildman–Crippen MR) is 46.7 cm³/mol. The number of anilines is 1. The van der Waals surface area contributed by atoms with Crippen LogP contribution in [0.5, 0.6) is 0 Å². The molecule has 1 aromatic carbocycles. The summed E-state index contributed by atoms with van der Waals surface area (Å²) >= 11 is 0. The molecule has 0 aliphatic heterocycles. The summed E-state index contributed by atoms with van der Waals surface area (Å²) in [6.45, 7) is 5.25. The third-order valence-corrected chi connectivity index (χ3v) is 0.800. The van der Waals surface area contributed by atoms with Crippen LogP contribution < -0.4 is 5.73 Å². The fourth-order valence-corrected chi connectivity index (χ4v) is 0.453. The number of nitrogen functional groups attached to an aromatic ring is 1. The molecule has 0 aliphatic carbocycles. The molecule has 2 N–H and O–H groups in total. The largest absolute Gasteiger partial charge is 0.399 e. The van der Waals surface area contributed by atoms with E-state index in [0.29, 0.717) is 0 Å². The molecule has 0 fully saturated rings. The van der Waals surface area contributed by atoms with Gasteiger partial charge in [0.25, 0.3) is 0 Å². The second-order valence-electron chi connectivity index (χ2n) is 1.82. The van der Waals surface area contributed by atoms with Crippen molar-refractivity contribution in [1.29, 1.82) is 0 Å². The highest BCUT2D eigenvalue weighted by Gasteiger charge is 1.72. The van der Waals surface area contributed by atoms with Crippen molar-refractivity contribution < 1.29 is 0 Å². The van der Waals surface area contributed by atoms with Crippen molar-refractivity contribution in [2.45, 2.75) is 6.92 Å². The van der Waals surface area contributed by atoms with Gasteiger partial charge in [0.2, 0.25) is 0 Å². The van der Waals surface area contributed by atoms with Crippen LogP contribution >= 0.6 is 0 Å². The molecule has 0 aromatic heterocycles. The third kappa shape index (κ3) is 4.91. The zero-order chi connectivity index (χ0) is 7.82. The van der Waals surface area contributed by atoms with Crippen LogP contribution in [0.15, 0.2) is 43.0 Å². The molecule has 0 saturated carbocycles. The summed E-state index contributed by atoms with van der Waals surface area (Å²) in [5.74, 6) is 0. The van der Waals surface area contributed by atoms with Gasteiger partial charge in [-0.1, -0.05) is 24.3 Å². The van der Waals surface area contributed by atoms with Gasteiger partial charge >= 0.3 is 0 Å². The number of para-hydroxylation sites is 1. The Morgan fingerprint density at radius 1 is 1.30 bits per heavy atom. The van der Waals surface area contributed by atoms with Crippen LogP contribution in [0.1, 0.15) is 6.92 Å². The highest BCUT2D eigenvalue weighted by Crippen LogP contribution is 1.95. The second kappa shape index (κ2) is 5.89. The molecule has 1 heteroatoms. The quantitative estimate of drug-likeness (QED) is 0.429. The molecule has 0 atom stereocenters. The Kier molecular flexibility index (Phi) is 5.16. The van der Waals surface area contributed by atoms with Crippen molar-refractivity contribution >= 4 is 5.69 Å². The SMILES string of the molecule is C=CC.Nc1ccccc1. The number of nitrogens with two attached hydrogens (primary N) is 1. The molecular weight excluding hydrogens is 122 g/mol. The number of allylic oxidation sites excluding steroid dienone is 1. The van der Waals surface area contributed by atoms with E-state index < -0.39 is 0 Å². The van der Waals surface area contributed by atoms with E-state index in [1.165, 1.54) is 0 Å². The Bertz CT molecular complexity index is 167. The Labute approximate surface area is 62.2 Å². The highest BCUT2D eigenvalue weighted by molar-refractivity contribution is 5.35.